The number of anilines is 1. The van der Waals surface area contributed by atoms with Crippen LogP contribution in [0.2, 0.25) is 0 Å². The Morgan fingerprint density at radius 3 is 2.94 bits per heavy atom. The minimum Gasteiger partial charge on any atom is -0.397 e. The van der Waals surface area contributed by atoms with Crippen LogP contribution in [0, 0.1) is 0 Å². The van der Waals surface area contributed by atoms with E-state index in [1.54, 1.807) is 25.6 Å². The molecule has 0 aromatic carbocycles. The van der Waals surface area contributed by atoms with Crippen molar-refractivity contribution in [3.05, 3.63) is 24.3 Å². The summed E-state index contributed by atoms with van der Waals surface area (Å²) in [7, 11) is 1.59. The highest BCUT2D eigenvalue weighted by Gasteiger charge is 2.14. The third-order valence-corrected chi connectivity index (χ3v) is 2.17. The number of nitrogens with zero attached hydrogens (tertiary/aromatic N) is 3. The van der Waals surface area contributed by atoms with E-state index in [9.17, 15) is 0 Å². The second-order valence-corrected chi connectivity index (χ2v) is 3.34. The van der Waals surface area contributed by atoms with Crippen molar-refractivity contribution in [3.8, 4) is 11.5 Å². The van der Waals surface area contributed by atoms with Crippen LogP contribution in [0.1, 0.15) is 18.9 Å². The first-order valence-corrected chi connectivity index (χ1v) is 4.78. The van der Waals surface area contributed by atoms with Crippen LogP contribution in [-0.2, 0) is 4.74 Å². The number of rotatable bonds is 3. The molecule has 2 aromatic rings. The number of methoxy groups -OCH3 is 1. The smallest absolute Gasteiger partial charge is 0.259 e. The predicted octanol–water partition coefficient (Wildman–Crippen LogP) is 1.42. The Balaban J connectivity index is 2.31. The van der Waals surface area contributed by atoms with Crippen molar-refractivity contribution in [3.63, 3.8) is 0 Å². The second kappa shape index (κ2) is 4.28. The molecule has 0 fully saturated rings. The summed E-state index contributed by atoms with van der Waals surface area (Å²) >= 11 is 0. The van der Waals surface area contributed by atoms with Gasteiger partial charge in [-0.1, -0.05) is 5.16 Å². The first kappa shape index (κ1) is 10.6. The molecule has 0 aliphatic heterocycles. The number of hydrogen-bond donors (Lipinski definition) is 1. The predicted molar refractivity (Wildman–Crippen MR) is 57.4 cm³/mol. The molecule has 0 radical (unpaired) electrons. The lowest BCUT2D eigenvalue weighted by Gasteiger charge is -2.00. The van der Waals surface area contributed by atoms with E-state index < -0.39 is 0 Å². The van der Waals surface area contributed by atoms with Crippen LogP contribution >= 0.6 is 0 Å². The Morgan fingerprint density at radius 1 is 1.44 bits per heavy atom. The summed E-state index contributed by atoms with van der Waals surface area (Å²) in [4.78, 5) is 8.14. The summed E-state index contributed by atoms with van der Waals surface area (Å²) in [5, 5.41) is 3.81. The summed E-state index contributed by atoms with van der Waals surface area (Å²) in [5.41, 5.74) is 6.86. The largest absolute Gasteiger partial charge is 0.397 e. The molecular formula is C10H12N4O2. The molecule has 0 saturated heterocycles. The van der Waals surface area contributed by atoms with Gasteiger partial charge in [0.25, 0.3) is 5.89 Å². The van der Waals surface area contributed by atoms with Crippen LogP contribution in [0.5, 0.6) is 0 Å². The molecule has 1 atom stereocenters. The van der Waals surface area contributed by atoms with Gasteiger partial charge >= 0.3 is 0 Å². The number of hydrogen-bond acceptors (Lipinski definition) is 6. The highest BCUT2D eigenvalue weighted by atomic mass is 16.5. The zero-order valence-electron chi connectivity index (χ0n) is 9.04. The standard InChI is InChI=1S/C10H12N4O2/c1-6(15-2)9-13-10(16-14-9)7-3-8(11)5-12-4-7/h3-6H,11H2,1-2H3. The molecule has 84 valence electrons. The number of nitrogens with two attached hydrogens (primary N) is 1. The van der Waals surface area contributed by atoms with Crippen LogP contribution in [0.15, 0.2) is 23.0 Å². The Labute approximate surface area is 92.4 Å². The lowest BCUT2D eigenvalue weighted by atomic mass is 10.2. The summed E-state index contributed by atoms with van der Waals surface area (Å²) in [6, 6.07) is 1.72. The molecule has 0 bridgehead atoms. The molecule has 2 N–H and O–H groups in total. The molecule has 0 amide bonds. The van der Waals surface area contributed by atoms with Gasteiger partial charge in [-0.15, -0.1) is 0 Å². The van der Waals surface area contributed by atoms with E-state index in [0.29, 0.717) is 23.0 Å². The fourth-order valence-corrected chi connectivity index (χ4v) is 1.20. The molecular weight excluding hydrogens is 208 g/mol. The van der Waals surface area contributed by atoms with Gasteiger partial charge in [0.1, 0.15) is 6.10 Å². The lowest BCUT2D eigenvalue weighted by molar-refractivity contribution is 0.109. The maximum atomic E-state index is 5.61. The van der Waals surface area contributed by atoms with E-state index in [-0.39, 0.29) is 6.10 Å². The quantitative estimate of drug-likeness (QED) is 0.841. The summed E-state index contributed by atoms with van der Waals surface area (Å²) in [6.07, 6.45) is 2.97. The van der Waals surface area contributed by atoms with Gasteiger partial charge in [-0.3, -0.25) is 4.98 Å². The minimum absolute atomic E-state index is 0.202. The third-order valence-electron chi connectivity index (χ3n) is 2.17. The Morgan fingerprint density at radius 2 is 2.25 bits per heavy atom. The Bertz CT molecular complexity index is 483. The lowest BCUT2D eigenvalue weighted by Crippen LogP contribution is -1.97. The average molecular weight is 220 g/mol. The molecule has 2 aromatic heterocycles. The zero-order valence-corrected chi connectivity index (χ0v) is 9.04. The van der Waals surface area contributed by atoms with Gasteiger partial charge in [0.05, 0.1) is 11.3 Å². The fourth-order valence-electron chi connectivity index (χ4n) is 1.20. The van der Waals surface area contributed by atoms with Crippen molar-refractivity contribution >= 4 is 5.69 Å². The number of aromatic nitrogens is 3. The second-order valence-electron chi connectivity index (χ2n) is 3.34. The topological polar surface area (TPSA) is 87.1 Å². The molecule has 0 aliphatic carbocycles. The number of pyridine rings is 1. The monoisotopic (exact) mass is 220 g/mol. The molecule has 2 rings (SSSR count). The van der Waals surface area contributed by atoms with Gasteiger partial charge in [0.2, 0.25) is 5.82 Å². The van der Waals surface area contributed by atoms with Crippen molar-refractivity contribution in [2.24, 2.45) is 0 Å². The van der Waals surface area contributed by atoms with Crippen LogP contribution in [0.25, 0.3) is 11.5 Å². The van der Waals surface area contributed by atoms with Crippen molar-refractivity contribution in [1.29, 1.82) is 0 Å². The van der Waals surface area contributed by atoms with Crippen molar-refractivity contribution in [1.82, 2.24) is 15.1 Å². The highest BCUT2D eigenvalue weighted by molar-refractivity contribution is 5.57. The summed E-state index contributed by atoms with van der Waals surface area (Å²) in [5.74, 6) is 0.888. The van der Waals surface area contributed by atoms with Crippen LogP contribution in [0.4, 0.5) is 5.69 Å². The van der Waals surface area contributed by atoms with Crippen molar-refractivity contribution < 1.29 is 9.26 Å². The minimum atomic E-state index is -0.202. The van der Waals surface area contributed by atoms with Gasteiger partial charge in [-0.2, -0.15) is 4.98 Å². The summed E-state index contributed by atoms with van der Waals surface area (Å²) < 4.78 is 10.2. The molecule has 6 heteroatoms. The maximum Gasteiger partial charge on any atom is 0.259 e. The normalized spacial score (nSPS) is 12.6. The molecule has 16 heavy (non-hydrogen) atoms. The Hall–Kier alpha value is -1.95. The molecule has 0 aliphatic rings. The number of ether oxygens (including phenoxy) is 1. The first-order valence-electron chi connectivity index (χ1n) is 4.78. The van der Waals surface area contributed by atoms with E-state index in [1.165, 1.54) is 0 Å². The van der Waals surface area contributed by atoms with Gasteiger partial charge in [0, 0.05) is 19.5 Å². The first-order chi connectivity index (χ1) is 7.70. The molecule has 1 unspecified atom stereocenters. The van der Waals surface area contributed by atoms with E-state index in [1.807, 2.05) is 6.92 Å². The van der Waals surface area contributed by atoms with E-state index >= 15 is 0 Å². The molecule has 0 saturated carbocycles. The van der Waals surface area contributed by atoms with Crippen LogP contribution in [-0.4, -0.2) is 22.2 Å². The SMILES string of the molecule is COC(C)c1noc(-c2cncc(N)c2)n1. The van der Waals surface area contributed by atoms with Crippen LogP contribution in [0.3, 0.4) is 0 Å². The molecule has 6 nitrogen and oxygen atoms in total. The highest BCUT2D eigenvalue weighted by Crippen LogP contribution is 2.20. The van der Waals surface area contributed by atoms with Crippen LogP contribution < -0.4 is 5.73 Å². The molecule has 2 heterocycles. The van der Waals surface area contributed by atoms with Gasteiger partial charge in [-0.25, -0.2) is 0 Å². The van der Waals surface area contributed by atoms with Gasteiger partial charge in [-0.05, 0) is 13.0 Å². The number of nitrogen functional groups attached to an aromatic ring is 1. The fraction of sp³-hybridized carbons (Fsp3) is 0.300. The van der Waals surface area contributed by atoms with E-state index in [0.717, 1.165) is 0 Å². The average Bonchev–Trinajstić information content (AvgIpc) is 2.77. The van der Waals surface area contributed by atoms with Gasteiger partial charge in [0.15, 0.2) is 0 Å². The zero-order chi connectivity index (χ0) is 11.5. The Kier molecular flexibility index (Phi) is 2.82. The molecule has 0 spiro atoms. The van der Waals surface area contributed by atoms with E-state index in [2.05, 4.69) is 15.1 Å². The van der Waals surface area contributed by atoms with Crippen molar-refractivity contribution in [2.45, 2.75) is 13.0 Å². The third kappa shape index (κ3) is 2.01. The van der Waals surface area contributed by atoms with Gasteiger partial charge < -0.3 is 15.0 Å². The van der Waals surface area contributed by atoms with Crippen molar-refractivity contribution in [2.75, 3.05) is 12.8 Å². The summed E-state index contributed by atoms with van der Waals surface area (Å²) in [6.45, 7) is 1.84. The maximum absolute atomic E-state index is 5.61. The van der Waals surface area contributed by atoms with E-state index in [4.69, 9.17) is 15.0 Å².